The topological polar surface area (TPSA) is 79.2 Å². The van der Waals surface area contributed by atoms with Crippen molar-refractivity contribution in [2.75, 3.05) is 5.32 Å². The molecule has 0 saturated heterocycles. The van der Waals surface area contributed by atoms with Crippen LogP contribution in [-0.2, 0) is 22.4 Å². The molecule has 0 aromatic heterocycles. The molecule has 1 aliphatic carbocycles. The van der Waals surface area contributed by atoms with Crippen LogP contribution in [0.15, 0.2) is 42.5 Å². The Morgan fingerprint density at radius 1 is 1.16 bits per heavy atom. The van der Waals surface area contributed by atoms with Gasteiger partial charge in [-0.05, 0) is 61.6 Å². The number of para-hydroxylation sites is 1. The van der Waals surface area contributed by atoms with Gasteiger partial charge in [-0.15, -0.1) is 0 Å². The molecular weight excluding hydrogens is 316 g/mol. The molecule has 0 fully saturated rings. The summed E-state index contributed by atoms with van der Waals surface area (Å²) in [5.74, 6) is -0.997. The number of aryl methyl sites for hydroxylation is 2. The molecule has 2 aromatic rings. The van der Waals surface area contributed by atoms with Crippen molar-refractivity contribution >= 4 is 17.6 Å². The molecule has 1 N–H and O–H groups in total. The zero-order chi connectivity index (χ0) is 17.8. The number of carbonyl (C=O) groups is 2. The third kappa shape index (κ3) is 3.69. The van der Waals surface area contributed by atoms with Gasteiger partial charge in [0.25, 0.3) is 5.91 Å². The molecule has 1 aliphatic rings. The highest BCUT2D eigenvalue weighted by Gasteiger charge is 2.21. The van der Waals surface area contributed by atoms with Gasteiger partial charge in [0.1, 0.15) is 6.07 Å². The van der Waals surface area contributed by atoms with E-state index in [-0.39, 0.29) is 0 Å². The molecule has 0 unspecified atom stereocenters. The second-order valence-electron chi connectivity index (χ2n) is 6.03. The maximum atomic E-state index is 12.3. The van der Waals surface area contributed by atoms with E-state index in [1.54, 1.807) is 30.3 Å². The lowest BCUT2D eigenvalue weighted by molar-refractivity contribution is -0.123. The smallest absolute Gasteiger partial charge is 0.338 e. The van der Waals surface area contributed by atoms with Crippen molar-refractivity contribution in [2.24, 2.45) is 0 Å². The average Bonchev–Trinajstić information content (AvgIpc) is 3.09. The summed E-state index contributed by atoms with van der Waals surface area (Å²) in [5.41, 5.74) is 3.66. The molecule has 1 amide bonds. The molecule has 0 aliphatic heterocycles. The Morgan fingerprint density at radius 2 is 1.92 bits per heavy atom. The molecule has 0 bridgehead atoms. The van der Waals surface area contributed by atoms with Crippen LogP contribution in [0.2, 0.25) is 0 Å². The second kappa shape index (κ2) is 7.18. The molecule has 1 atom stereocenters. The van der Waals surface area contributed by atoms with Gasteiger partial charge in [0.15, 0.2) is 6.10 Å². The lowest BCUT2D eigenvalue weighted by atomic mass is 10.1. The molecule has 25 heavy (non-hydrogen) atoms. The van der Waals surface area contributed by atoms with E-state index in [1.165, 1.54) is 18.1 Å². The molecule has 0 radical (unpaired) electrons. The molecule has 5 nitrogen and oxygen atoms in total. The zero-order valence-electron chi connectivity index (χ0n) is 13.9. The minimum atomic E-state index is -0.965. The van der Waals surface area contributed by atoms with Crippen molar-refractivity contribution in [3.05, 3.63) is 64.7 Å². The first-order chi connectivity index (χ1) is 12.1. The Hall–Kier alpha value is -3.13. The van der Waals surface area contributed by atoms with Crippen LogP contribution in [0.3, 0.4) is 0 Å². The van der Waals surface area contributed by atoms with Gasteiger partial charge in [-0.1, -0.05) is 18.2 Å². The molecule has 3 rings (SSSR count). The Balaban J connectivity index is 1.65. The Morgan fingerprint density at radius 3 is 2.72 bits per heavy atom. The van der Waals surface area contributed by atoms with Gasteiger partial charge in [-0.3, -0.25) is 4.79 Å². The Bertz CT molecular complexity index is 867. The molecule has 0 heterocycles. The number of nitrogens with one attached hydrogen (secondary N) is 1. The van der Waals surface area contributed by atoms with Crippen LogP contribution >= 0.6 is 0 Å². The molecular formula is C20H18N2O3. The summed E-state index contributed by atoms with van der Waals surface area (Å²) in [7, 11) is 0. The van der Waals surface area contributed by atoms with Crippen LogP contribution in [0, 0.1) is 11.3 Å². The lowest BCUT2D eigenvalue weighted by Gasteiger charge is -2.14. The minimum absolute atomic E-state index is 0.355. The predicted octanol–water partition coefficient (Wildman–Crippen LogP) is 3.23. The van der Waals surface area contributed by atoms with Crippen LogP contribution in [-0.4, -0.2) is 18.0 Å². The van der Waals surface area contributed by atoms with Gasteiger partial charge in [0.2, 0.25) is 0 Å². The van der Waals surface area contributed by atoms with Gasteiger partial charge in [-0.2, -0.15) is 5.26 Å². The maximum absolute atomic E-state index is 12.3. The zero-order valence-corrected chi connectivity index (χ0v) is 13.9. The van der Waals surface area contributed by atoms with Crippen molar-refractivity contribution in [1.82, 2.24) is 0 Å². The summed E-state index contributed by atoms with van der Waals surface area (Å²) >= 11 is 0. The van der Waals surface area contributed by atoms with E-state index in [0.29, 0.717) is 16.8 Å². The number of anilines is 1. The van der Waals surface area contributed by atoms with Crippen molar-refractivity contribution in [3.63, 3.8) is 0 Å². The third-order valence-electron chi connectivity index (χ3n) is 4.29. The number of ether oxygens (including phenoxy) is 1. The van der Waals surface area contributed by atoms with Crippen molar-refractivity contribution < 1.29 is 14.3 Å². The Kier molecular flexibility index (Phi) is 4.80. The number of hydrogen-bond acceptors (Lipinski definition) is 4. The predicted molar refractivity (Wildman–Crippen MR) is 93.1 cm³/mol. The van der Waals surface area contributed by atoms with Gasteiger partial charge in [0, 0.05) is 0 Å². The average molecular weight is 334 g/mol. The van der Waals surface area contributed by atoms with Crippen LogP contribution in [0.4, 0.5) is 5.69 Å². The molecule has 2 aromatic carbocycles. The first kappa shape index (κ1) is 16.7. The van der Waals surface area contributed by atoms with Crippen molar-refractivity contribution in [3.8, 4) is 6.07 Å². The maximum Gasteiger partial charge on any atom is 0.338 e. The van der Waals surface area contributed by atoms with Crippen molar-refractivity contribution in [1.29, 1.82) is 5.26 Å². The highest BCUT2D eigenvalue weighted by molar-refractivity contribution is 5.98. The number of esters is 1. The number of amides is 1. The quantitative estimate of drug-likeness (QED) is 0.871. The van der Waals surface area contributed by atoms with Crippen molar-refractivity contribution in [2.45, 2.75) is 32.3 Å². The first-order valence-electron chi connectivity index (χ1n) is 8.21. The van der Waals surface area contributed by atoms with Crippen LogP contribution in [0.25, 0.3) is 0 Å². The fourth-order valence-electron chi connectivity index (χ4n) is 2.90. The van der Waals surface area contributed by atoms with Gasteiger partial charge in [-0.25, -0.2) is 4.79 Å². The second-order valence-corrected chi connectivity index (χ2v) is 6.03. The third-order valence-corrected chi connectivity index (χ3v) is 4.29. The van der Waals surface area contributed by atoms with Gasteiger partial charge < -0.3 is 10.1 Å². The minimum Gasteiger partial charge on any atom is -0.449 e. The molecule has 5 heteroatoms. The van der Waals surface area contributed by atoms with Gasteiger partial charge >= 0.3 is 5.97 Å². The summed E-state index contributed by atoms with van der Waals surface area (Å²) < 4.78 is 5.27. The number of fused-ring (bicyclic) bond motifs is 1. The van der Waals surface area contributed by atoms with Crippen LogP contribution in [0.5, 0.6) is 0 Å². The normalized spacial score (nSPS) is 13.4. The lowest BCUT2D eigenvalue weighted by Crippen LogP contribution is -2.30. The van der Waals surface area contributed by atoms with E-state index in [2.05, 4.69) is 5.32 Å². The first-order valence-corrected chi connectivity index (χ1v) is 8.21. The summed E-state index contributed by atoms with van der Waals surface area (Å²) in [6, 6.07) is 14.2. The monoisotopic (exact) mass is 334 g/mol. The molecule has 0 spiro atoms. The summed E-state index contributed by atoms with van der Waals surface area (Å²) in [4.78, 5) is 24.5. The fraction of sp³-hybridized carbons (Fsp3) is 0.250. The van der Waals surface area contributed by atoms with E-state index in [1.807, 2.05) is 18.2 Å². The van der Waals surface area contributed by atoms with Gasteiger partial charge in [0.05, 0.1) is 16.8 Å². The van der Waals surface area contributed by atoms with Crippen LogP contribution in [0.1, 0.15) is 40.4 Å². The number of hydrogen-bond donors (Lipinski definition) is 1. The van der Waals surface area contributed by atoms with E-state index in [0.717, 1.165) is 19.3 Å². The van der Waals surface area contributed by atoms with E-state index >= 15 is 0 Å². The highest BCUT2D eigenvalue weighted by Crippen LogP contribution is 2.23. The van der Waals surface area contributed by atoms with Crippen LogP contribution < -0.4 is 5.32 Å². The standard InChI is InChI=1S/C20H18N2O3/c1-13(19(23)22-18-8-3-2-5-17(18)12-21)25-20(24)16-10-9-14-6-4-7-15(14)11-16/h2-3,5,8-11,13H,4,6-7H2,1H3,(H,22,23)/t13-/m1/s1. The Labute approximate surface area is 146 Å². The summed E-state index contributed by atoms with van der Waals surface area (Å²) in [6.45, 7) is 1.51. The summed E-state index contributed by atoms with van der Waals surface area (Å²) in [6.07, 6.45) is 2.15. The van der Waals surface area contributed by atoms with E-state index < -0.39 is 18.0 Å². The largest absolute Gasteiger partial charge is 0.449 e. The highest BCUT2D eigenvalue weighted by atomic mass is 16.5. The van der Waals surface area contributed by atoms with E-state index in [9.17, 15) is 9.59 Å². The SMILES string of the molecule is C[C@@H](OC(=O)c1ccc2c(c1)CCC2)C(=O)Nc1ccccc1C#N. The number of nitriles is 1. The number of nitrogens with zero attached hydrogens (tertiary/aromatic N) is 1. The molecule has 0 saturated carbocycles. The number of carbonyl (C=O) groups excluding carboxylic acids is 2. The molecule has 126 valence electrons. The number of benzene rings is 2. The van der Waals surface area contributed by atoms with E-state index in [4.69, 9.17) is 10.00 Å². The summed E-state index contributed by atoms with van der Waals surface area (Å²) in [5, 5.41) is 11.7. The fourth-order valence-corrected chi connectivity index (χ4v) is 2.90. The number of rotatable bonds is 4.